The molecule has 5 heteroatoms. The van der Waals surface area contributed by atoms with E-state index in [1.54, 1.807) is 12.1 Å². The number of benzene rings is 1. The monoisotopic (exact) mass is 316 g/mol. The molecule has 0 aromatic heterocycles. The standard InChI is InChI=1S/C17H24N2O2Si/c1-22(2)13-6-5-10-18(22)11-7-12-19-16(20)14-8-3-4-9-15(14)17(19)21/h3-4,8-9H,5-7,10-13H2,1-2H3. The third-order valence-electron chi connectivity index (χ3n) is 5.01. The Labute approximate surface area is 133 Å². The molecule has 0 radical (unpaired) electrons. The van der Waals surface area contributed by atoms with Gasteiger partial charge in [-0.2, -0.15) is 0 Å². The van der Waals surface area contributed by atoms with Gasteiger partial charge in [0.1, 0.15) is 8.24 Å². The van der Waals surface area contributed by atoms with E-state index < -0.39 is 8.24 Å². The zero-order valence-electron chi connectivity index (χ0n) is 13.5. The molecule has 0 atom stereocenters. The number of hydrogen-bond donors (Lipinski definition) is 0. The van der Waals surface area contributed by atoms with Crippen LogP contribution in [0.15, 0.2) is 24.3 Å². The van der Waals surface area contributed by atoms with Gasteiger partial charge >= 0.3 is 0 Å². The molecule has 1 aromatic carbocycles. The van der Waals surface area contributed by atoms with E-state index >= 15 is 0 Å². The van der Waals surface area contributed by atoms with Crippen molar-refractivity contribution in [3.8, 4) is 0 Å². The molecule has 2 heterocycles. The Morgan fingerprint density at radius 3 is 2.23 bits per heavy atom. The van der Waals surface area contributed by atoms with Crippen molar-refractivity contribution in [3.05, 3.63) is 35.4 Å². The van der Waals surface area contributed by atoms with Gasteiger partial charge in [0.2, 0.25) is 0 Å². The van der Waals surface area contributed by atoms with E-state index in [0.717, 1.165) is 13.0 Å². The van der Waals surface area contributed by atoms with Crippen LogP contribution in [0.1, 0.15) is 40.0 Å². The molecule has 0 bridgehead atoms. The fraction of sp³-hybridized carbons (Fsp3) is 0.529. The highest BCUT2D eigenvalue weighted by Gasteiger charge is 2.35. The minimum atomic E-state index is -1.25. The number of rotatable bonds is 4. The van der Waals surface area contributed by atoms with Gasteiger partial charge in [-0.3, -0.25) is 14.5 Å². The Balaban J connectivity index is 1.59. The summed E-state index contributed by atoms with van der Waals surface area (Å²) in [6, 6.07) is 8.48. The van der Waals surface area contributed by atoms with Crippen LogP contribution in [-0.4, -0.2) is 49.1 Å². The second kappa shape index (κ2) is 5.97. The lowest BCUT2D eigenvalue weighted by Crippen LogP contribution is -2.52. The Morgan fingerprint density at radius 1 is 1.00 bits per heavy atom. The molecule has 118 valence electrons. The second-order valence-corrected chi connectivity index (χ2v) is 11.7. The van der Waals surface area contributed by atoms with Crippen molar-refractivity contribution in [1.82, 2.24) is 9.47 Å². The summed E-state index contributed by atoms with van der Waals surface area (Å²) in [5.41, 5.74) is 1.11. The lowest BCUT2D eigenvalue weighted by molar-refractivity contribution is 0.0650. The Morgan fingerprint density at radius 2 is 1.64 bits per heavy atom. The van der Waals surface area contributed by atoms with E-state index in [9.17, 15) is 9.59 Å². The van der Waals surface area contributed by atoms with Crippen LogP contribution in [0.4, 0.5) is 0 Å². The highest BCUT2D eigenvalue weighted by atomic mass is 28.3. The summed E-state index contributed by atoms with van der Waals surface area (Å²) < 4.78 is 2.63. The summed E-state index contributed by atoms with van der Waals surface area (Å²) in [6.45, 7) is 7.57. The van der Waals surface area contributed by atoms with Gasteiger partial charge in [0.25, 0.3) is 11.8 Å². The summed E-state index contributed by atoms with van der Waals surface area (Å²) in [5, 5.41) is 0. The van der Waals surface area contributed by atoms with Gasteiger partial charge in [-0.1, -0.05) is 31.6 Å². The SMILES string of the molecule is C[Si]1(C)CCCCN1CCCN1C(=O)c2ccccc2C1=O. The molecule has 0 spiro atoms. The van der Waals surface area contributed by atoms with Gasteiger partial charge in [0.15, 0.2) is 0 Å². The van der Waals surface area contributed by atoms with Crippen LogP contribution in [0.25, 0.3) is 0 Å². The molecule has 4 nitrogen and oxygen atoms in total. The first-order valence-electron chi connectivity index (χ1n) is 8.21. The van der Waals surface area contributed by atoms with Crippen molar-refractivity contribution in [1.29, 1.82) is 0 Å². The van der Waals surface area contributed by atoms with Crippen molar-refractivity contribution in [2.24, 2.45) is 0 Å². The minimum Gasteiger partial charge on any atom is -0.324 e. The molecular formula is C17H24N2O2Si. The molecule has 22 heavy (non-hydrogen) atoms. The summed E-state index contributed by atoms with van der Waals surface area (Å²) in [5.74, 6) is -0.258. The molecule has 0 unspecified atom stereocenters. The molecule has 2 aliphatic rings. The molecule has 2 aliphatic heterocycles. The Hall–Kier alpha value is -1.46. The zero-order valence-corrected chi connectivity index (χ0v) is 14.5. The molecule has 1 saturated heterocycles. The largest absolute Gasteiger partial charge is 0.324 e. The van der Waals surface area contributed by atoms with E-state index in [2.05, 4.69) is 17.7 Å². The van der Waals surface area contributed by atoms with E-state index in [1.807, 2.05) is 12.1 Å². The van der Waals surface area contributed by atoms with Gasteiger partial charge in [-0.05, 0) is 44.1 Å². The van der Waals surface area contributed by atoms with Crippen molar-refractivity contribution in [2.45, 2.75) is 38.4 Å². The molecule has 0 saturated carbocycles. The number of hydrogen-bond acceptors (Lipinski definition) is 3. The van der Waals surface area contributed by atoms with Gasteiger partial charge in [0, 0.05) is 6.54 Å². The number of fused-ring (bicyclic) bond motifs is 1. The lowest BCUT2D eigenvalue weighted by atomic mass is 10.1. The van der Waals surface area contributed by atoms with Gasteiger partial charge in [-0.15, -0.1) is 0 Å². The van der Waals surface area contributed by atoms with Crippen molar-refractivity contribution in [3.63, 3.8) is 0 Å². The first-order valence-corrected chi connectivity index (χ1v) is 11.4. The molecule has 3 rings (SSSR count). The minimum absolute atomic E-state index is 0.129. The van der Waals surface area contributed by atoms with Crippen molar-refractivity contribution in [2.75, 3.05) is 19.6 Å². The van der Waals surface area contributed by atoms with Crippen molar-refractivity contribution < 1.29 is 9.59 Å². The normalized spacial score (nSPS) is 21.3. The van der Waals surface area contributed by atoms with Gasteiger partial charge < -0.3 is 4.57 Å². The smallest absolute Gasteiger partial charge is 0.261 e. The molecule has 1 fully saturated rings. The number of nitrogens with zero attached hydrogens (tertiary/aromatic N) is 2. The Bertz CT molecular complexity index is 565. The number of carbonyl (C=O) groups is 2. The number of imide groups is 1. The molecule has 0 N–H and O–H groups in total. The number of carbonyl (C=O) groups excluding carboxylic acids is 2. The first kappa shape index (κ1) is 15.4. The fourth-order valence-electron chi connectivity index (χ4n) is 3.60. The second-order valence-electron chi connectivity index (χ2n) is 6.92. The summed E-state index contributed by atoms with van der Waals surface area (Å²) in [6.07, 6.45) is 3.51. The zero-order chi connectivity index (χ0) is 15.7. The lowest BCUT2D eigenvalue weighted by Gasteiger charge is -2.41. The average molecular weight is 316 g/mol. The van der Waals surface area contributed by atoms with Crippen LogP contribution in [0.3, 0.4) is 0 Å². The average Bonchev–Trinajstić information content (AvgIpc) is 2.74. The van der Waals surface area contributed by atoms with E-state index in [0.29, 0.717) is 17.7 Å². The summed E-state index contributed by atoms with van der Waals surface area (Å²) in [7, 11) is -1.25. The fourth-order valence-corrected chi connectivity index (χ4v) is 6.56. The van der Waals surface area contributed by atoms with E-state index in [4.69, 9.17) is 0 Å². The first-order chi connectivity index (χ1) is 10.5. The topological polar surface area (TPSA) is 40.6 Å². The van der Waals surface area contributed by atoms with Crippen LogP contribution < -0.4 is 0 Å². The quantitative estimate of drug-likeness (QED) is 0.633. The summed E-state index contributed by atoms with van der Waals surface area (Å²) in [4.78, 5) is 26.1. The van der Waals surface area contributed by atoms with Crippen LogP contribution in [0.2, 0.25) is 19.1 Å². The third kappa shape index (κ3) is 2.75. The van der Waals surface area contributed by atoms with E-state index in [-0.39, 0.29) is 11.8 Å². The highest BCUT2D eigenvalue weighted by molar-refractivity contribution is 6.74. The van der Waals surface area contributed by atoms with Crippen molar-refractivity contribution >= 4 is 20.0 Å². The molecule has 0 aliphatic carbocycles. The maximum Gasteiger partial charge on any atom is 0.261 e. The van der Waals surface area contributed by atoms with Crippen LogP contribution in [0.5, 0.6) is 0 Å². The maximum atomic E-state index is 12.3. The Kier molecular flexibility index (Phi) is 4.19. The number of amides is 2. The van der Waals surface area contributed by atoms with Crippen LogP contribution >= 0.6 is 0 Å². The van der Waals surface area contributed by atoms with Crippen LogP contribution in [0, 0.1) is 0 Å². The molecule has 1 aromatic rings. The maximum absolute atomic E-state index is 12.3. The summed E-state index contributed by atoms with van der Waals surface area (Å²) >= 11 is 0. The van der Waals surface area contributed by atoms with Crippen LogP contribution in [-0.2, 0) is 0 Å². The van der Waals surface area contributed by atoms with Gasteiger partial charge in [-0.25, -0.2) is 0 Å². The predicted octanol–water partition coefficient (Wildman–Crippen LogP) is 2.97. The predicted molar refractivity (Wildman–Crippen MR) is 89.5 cm³/mol. The third-order valence-corrected chi connectivity index (χ3v) is 8.75. The molecule has 2 amide bonds. The van der Waals surface area contributed by atoms with Gasteiger partial charge in [0.05, 0.1) is 11.1 Å². The van der Waals surface area contributed by atoms with E-state index in [1.165, 1.54) is 30.3 Å². The molecular weight excluding hydrogens is 292 g/mol. The highest BCUT2D eigenvalue weighted by Crippen LogP contribution is 2.26.